The molecule has 0 amide bonds. The van der Waals surface area contributed by atoms with Crippen molar-refractivity contribution in [1.29, 1.82) is 0 Å². The number of thiazole rings is 1. The summed E-state index contributed by atoms with van der Waals surface area (Å²) < 4.78 is 2.60. The topological polar surface area (TPSA) is 22.0 Å². The zero-order valence-corrected chi connectivity index (χ0v) is 7.67. The molecule has 0 aliphatic carbocycles. The van der Waals surface area contributed by atoms with Gasteiger partial charge >= 0.3 is 4.87 Å². The molecule has 0 radical (unpaired) electrons. The van der Waals surface area contributed by atoms with E-state index in [2.05, 4.69) is 5.92 Å². The second-order valence-electron chi connectivity index (χ2n) is 2.63. The SMILES string of the molecule is C#CCn1c(=O)sc2ccccc21. The molecule has 1 heterocycles. The van der Waals surface area contributed by atoms with E-state index in [1.165, 1.54) is 11.3 Å². The standard InChI is InChI=1S/C10H7NOS/c1-2-7-11-8-5-3-4-6-9(8)13-10(11)12/h1,3-6H,7H2. The Balaban J connectivity index is 2.80. The van der Waals surface area contributed by atoms with Gasteiger partial charge in [-0.3, -0.25) is 9.36 Å². The molecule has 0 saturated heterocycles. The normalized spacial score (nSPS) is 10.1. The summed E-state index contributed by atoms with van der Waals surface area (Å²) in [7, 11) is 0. The van der Waals surface area contributed by atoms with Crippen molar-refractivity contribution in [3.05, 3.63) is 33.9 Å². The van der Waals surface area contributed by atoms with Gasteiger partial charge in [0, 0.05) is 0 Å². The molecular weight excluding hydrogens is 182 g/mol. The molecule has 0 atom stereocenters. The van der Waals surface area contributed by atoms with Crippen molar-refractivity contribution in [2.75, 3.05) is 0 Å². The fraction of sp³-hybridized carbons (Fsp3) is 0.100. The maximum absolute atomic E-state index is 11.4. The smallest absolute Gasteiger partial charge is 0.287 e. The third kappa shape index (κ3) is 1.25. The number of fused-ring (bicyclic) bond motifs is 1. The van der Waals surface area contributed by atoms with E-state index in [1.54, 1.807) is 4.57 Å². The van der Waals surface area contributed by atoms with Crippen LogP contribution in [0.5, 0.6) is 0 Å². The Labute approximate surface area is 79.4 Å². The van der Waals surface area contributed by atoms with E-state index in [-0.39, 0.29) is 4.87 Å². The van der Waals surface area contributed by atoms with Gasteiger partial charge in [0.15, 0.2) is 0 Å². The number of para-hydroxylation sites is 1. The minimum Gasteiger partial charge on any atom is -0.287 e. The molecule has 0 fully saturated rings. The fourth-order valence-corrected chi connectivity index (χ4v) is 2.15. The Bertz CT molecular complexity index is 530. The van der Waals surface area contributed by atoms with E-state index in [0.717, 1.165) is 10.2 Å². The van der Waals surface area contributed by atoms with Gasteiger partial charge in [-0.05, 0) is 12.1 Å². The van der Waals surface area contributed by atoms with E-state index in [9.17, 15) is 4.79 Å². The molecule has 0 aliphatic rings. The molecule has 2 aromatic rings. The number of benzene rings is 1. The van der Waals surface area contributed by atoms with Crippen LogP contribution < -0.4 is 4.87 Å². The number of hydrogen-bond donors (Lipinski definition) is 0. The Morgan fingerprint density at radius 1 is 1.46 bits per heavy atom. The first kappa shape index (κ1) is 8.09. The van der Waals surface area contributed by atoms with Crippen molar-refractivity contribution in [2.24, 2.45) is 0 Å². The summed E-state index contributed by atoms with van der Waals surface area (Å²) in [5.74, 6) is 2.47. The number of hydrogen-bond acceptors (Lipinski definition) is 2. The molecule has 0 saturated carbocycles. The highest BCUT2D eigenvalue weighted by molar-refractivity contribution is 7.16. The minimum atomic E-state index is 0.0131. The van der Waals surface area contributed by atoms with Crippen molar-refractivity contribution in [1.82, 2.24) is 4.57 Å². The van der Waals surface area contributed by atoms with Gasteiger partial charge in [0.1, 0.15) is 0 Å². The number of aromatic nitrogens is 1. The highest BCUT2D eigenvalue weighted by atomic mass is 32.1. The molecule has 1 aromatic carbocycles. The van der Waals surface area contributed by atoms with Crippen LogP contribution >= 0.6 is 11.3 Å². The molecule has 2 rings (SSSR count). The summed E-state index contributed by atoms with van der Waals surface area (Å²) in [6.45, 7) is 0.350. The summed E-state index contributed by atoms with van der Waals surface area (Å²) in [5, 5.41) is 0. The summed E-state index contributed by atoms with van der Waals surface area (Å²) >= 11 is 1.23. The molecule has 0 unspecified atom stereocenters. The van der Waals surface area contributed by atoms with Gasteiger partial charge in [0.05, 0.1) is 16.8 Å². The van der Waals surface area contributed by atoms with Crippen LogP contribution in [0.3, 0.4) is 0 Å². The van der Waals surface area contributed by atoms with E-state index in [1.807, 2.05) is 24.3 Å². The van der Waals surface area contributed by atoms with Crippen LogP contribution in [0.4, 0.5) is 0 Å². The second-order valence-corrected chi connectivity index (χ2v) is 3.62. The van der Waals surface area contributed by atoms with Crippen LogP contribution in [0, 0.1) is 12.3 Å². The van der Waals surface area contributed by atoms with Crippen LogP contribution in [-0.4, -0.2) is 4.57 Å². The Hall–Kier alpha value is -1.53. The van der Waals surface area contributed by atoms with Crippen molar-refractivity contribution < 1.29 is 0 Å². The quantitative estimate of drug-likeness (QED) is 0.626. The van der Waals surface area contributed by atoms with Gasteiger partial charge in [-0.2, -0.15) is 0 Å². The van der Waals surface area contributed by atoms with Crippen LogP contribution in [0.15, 0.2) is 29.1 Å². The highest BCUT2D eigenvalue weighted by Gasteiger charge is 2.03. The lowest BCUT2D eigenvalue weighted by molar-refractivity contribution is 0.862. The molecule has 64 valence electrons. The van der Waals surface area contributed by atoms with Crippen LogP contribution in [0.25, 0.3) is 10.2 Å². The number of terminal acetylenes is 1. The van der Waals surface area contributed by atoms with Crippen molar-refractivity contribution in [3.63, 3.8) is 0 Å². The lowest BCUT2D eigenvalue weighted by Crippen LogP contribution is -2.11. The fourth-order valence-electron chi connectivity index (χ4n) is 1.25. The monoisotopic (exact) mass is 189 g/mol. The molecule has 0 bridgehead atoms. The Kier molecular flexibility index (Phi) is 1.91. The van der Waals surface area contributed by atoms with E-state index >= 15 is 0 Å². The van der Waals surface area contributed by atoms with Gasteiger partial charge in [-0.15, -0.1) is 6.42 Å². The maximum Gasteiger partial charge on any atom is 0.308 e. The lowest BCUT2D eigenvalue weighted by Gasteiger charge is -1.95. The molecule has 0 N–H and O–H groups in total. The predicted octanol–water partition coefficient (Wildman–Crippen LogP) is 1.70. The van der Waals surface area contributed by atoms with Crippen LogP contribution in [0.2, 0.25) is 0 Å². The Morgan fingerprint density at radius 2 is 2.23 bits per heavy atom. The van der Waals surface area contributed by atoms with Gasteiger partial charge < -0.3 is 0 Å². The molecule has 0 spiro atoms. The van der Waals surface area contributed by atoms with Gasteiger partial charge in [-0.1, -0.05) is 29.4 Å². The molecule has 1 aromatic heterocycles. The van der Waals surface area contributed by atoms with E-state index in [4.69, 9.17) is 6.42 Å². The lowest BCUT2D eigenvalue weighted by atomic mass is 10.3. The third-order valence-corrected chi connectivity index (χ3v) is 2.78. The first-order chi connectivity index (χ1) is 6.33. The Morgan fingerprint density at radius 3 is 3.00 bits per heavy atom. The van der Waals surface area contributed by atoms with Crippen molar-refractivity contribution in [3.8, 4) is 12.3 Å². The third-order valence-electron chi connectivity index (χ3n) is 1.82. The predicted molar refractivity (Wildman–Crippen MR) is 54.9 cm³/mol. The summed E-state index contributed by atoms with van der Waals surface area (Å²) in [5.41, 5.74) is 0.926. The largest absolute Gasteiger partial charge is 0.308 e. The summed E-state index contributed by atoms with van der Waals surface area (Å²) in [4.78, 5) is 11.4. The van der Waals surface area contributed by atoms with Crippen LogP contribution in [-0.2, 0) is 6.54 Å². The average Bonchev–Trinajstić information content (AvgIpc) is 2.44. The molecule has 3 heteroatoms. The average molecular weight is 189 g/mol. The molecule has 2 nitrogen and oxygen atoms in total. The zero-order chi connectivity index (χ0) is 9.26. The summed E-state index contributed by atoms with van der Waals surface area (Å²) in [6.07, 6.45) is 5.17. The van der Waals surface area contributed by atoms with Crippen molar-refractivity contribution >= 4 is 21.6 Å². The first-order valence-electron chi connectivity index (χ1n) is 3.85. The zero-order valence-electron chi connectivity index (χ0n) is 6.86. The first-order valence-corrected chi connectivity index (χ1v) is 4.66. The van der Waals surface area contributed by atoms with Gasteiger partial charge in [0.2, 0.25) is 0 Å². The van der Waals surface area contributed by atoms with E-state index in [0.29, 0.717) is 6.54 Å². The van der Waals surface area contributed by atoms with Crippen molar-refractivity contribution in [2.45, 2.75) is 6.54 Å². The molecular formula is C10H7NOS. The maximum atomic E-state index is 11.4. The number of rotatable bonds is 1. The van der Waals surface area contributed by atoms with Gasteiger partial charge in [-0.25, -0.2) is 0 Å². The molecule has 0 aliphatic heterocycles. The van der Waals surface area contributed by atoms with Crippen LogP contribution in [0.1, 0.15) is 0 Å². The summed E-state index contributed by atoms with van der Waals surface area (Å²) in [6, 6.07) is 7.65. The molecule has 13 heavy (non-hydrogen) atoms. The second kappa shape index (κ2) is 3.08. The highest BCUT2D eigenvalue weighted by Crippen LogP contribution is 2.15. The van der Waals surface area contributed by atoms with Gasteiger partial charge in [0.25, 0.3) is 0 Å². The number of nitrogens with zero attached hydrogens (tertiary/aromatic N) is 1. The van der Waals surface area contributed by atoms with E-state index < -0.39 is 0 Å². The minimum absolute atomic E-state index is 0.0131.